The van der Waals surface area contributed by atoms with Gasteiger partial charge in [0, 0.05) is 23.2 Å². The van der Waals surface area contributed by atoms with Gasteiger partial charge in [0.25, 0.3) is 5.91 Å². The summed E-state index contributed by atoms with van der Waals surface area (Å²) in [7, 11) is 0. The predicted octanol–water partition coefficient (Wildman–Crippen LogP) is 3.22. The van der Waals surface area contributed by atoms with Crippen molar-refractivity contribution >= 4 is 44.9 Å². The Kier molecular flexibility index (Phi) is 2.57. The fourth-order valence-electron chi connectivity index (χ4n) is 1.82. The normalized spacial score (nSPS) is 21.4. The number of amides is 1. The number of thioether (sulfide) groups is 1. The topological polar surface area (TPSA) is 20.3 Å². The van der Waals surface area contributed by atoms with Crippen molar-refractivity contribution in [2.45, 2.75) is 23.8 Å². The predicted molar refractivity (Wildman–Crippen MR) is 66.8 cm³/mol. The molecule has 3 rings (SSSR count). The summed E-state index contributed by atoms with van der Waals surface area (Å²) in [5, 5.41) is 0. The first-order valence-corrected chi connectivity index (χ1v) is 7.58. The molecule has 0 bridgehead atoms. The van der Waals surface area contributed by atoms with E-state index in [4.69, 9.17) is 0 Å². The van der Waals surface area contributed by atoms with E-state index < -0.39 is 0 Å². The van der Waals surface area contributed by atoms with Crippen LogP contribution in [0.2, 0.25) is 0 Å². The van der Waals surface area contributed by atoms with Crippen LogP contribution in [0.5, 0.6) is 0 Å². The highest BCUT2D eigenvalue weighted by molar-refractivity contribution is 9.11. The Morgan fingerprint density at radius 3 is 3.00 bits per heavy atom. The molecule has 5 heteroatoms. The van der Waals surface area contributed by atoms with Gasteiger partial charge >= 0.3 is 0 Å². The van der Waals surface area contributed by atoms with Gasteiger partial charge in [-0.1, -0.05) is 0 Å². The van der Waals surface area contributed by atoms with E-state index in [-0.39, 0.29) is 5.91 Å². The summed E-state index contributed by atoms with van der Waals surface area (Å²) < 4.78 is 1.06. The summed E-state index contributed by atoms with van der Waals surface area (Å²) in [6.45, 7) is 0.910. The maximum atomic E-state index is 12.2. The van der Waals surface area contributed by atoms with Gasteiger partial charge in [0.2, 0.25) is 0 Å². The Hall–Kier alpha value is -0.0000000000000000555. The molecule has 1 aliphatic carbocycles. The average molecular weight is 304 g/mol. The lowest BCUT2D eigenvalue weighted by molar-refractivity contribution is 0.0758. The number of hydrogen-bond donors (Lipinski definition) is 0. The molecule has 1 amide bonds. The van der Waals surface area contributed by atoms with Crippen molar-refractivity contribution in [3.05, 3.63) is 14.7 Å². The maximum absolute atomic E-state index is 12.2. The van der Waals surface area contributed by atoms with Crippen molar-refractivity contribution in [1.82, 2.24) is 4.90 Å². The Morgan fingerprint density at radius 1 is 1.47 bits per heavy atom. The molecule has 1 aromatic heterocycles. The van der Waals surface area contributed by atoms with Crippen molar-refractivity contribution in [3.8, 4) is 0 Å². The molecular formula is C10H10BrNOS2. The average Bonchev–Trinajstić information content (AvgIpc) is 2.97. The van der Waals surface area contributed by atoms with Crippen LogP contribution in [0.25, 0.3) is 0 Å². The lowest BCUT2D eigenvalue weighted by atomic mass is 10.4. The highest BCUT2D eigenvalue weighted by Crippen LogP contribution is 2.39. The lowest BCUT2D eigenvalue weighted by Gasteiger charge is -2.18. The third-order valence-corrected chi connectivity index (χ3v) is 5.48. The highest BCUT2D eigenvalue weighted by atomic mass is 79.9. The molecule has 0 atom stereocenters. The minimum Gasteiger partial charge on any atom is -0.334 e. The van der Waals surface area contributed by atoms with Gasteiger partial charge in [-0.2, -0.15) is 0 Å². The number of rotatable bonds is 1. The fourth-order valence-corrected chi connectivity index (χ4v) is 4.73. The van der Waals surface area contributed by atoms with Gasteiger partial charge in [-0.05, 0) is 34.8 Å². The van der Waals surface area contributed by atoms with Crippen LogP contribution in [-0.4, -0.2) is 29.1 Å². The Balaban J connectivity index is 1.97. The van der Waals surface area contributed by atoms with Crippen LogP contribution in [0.4, 0.5) is 0 Å². The van der Waals surface area contributed by atoms with Crippen LogP contribution in [0.15, 0.2) is 14.7 Å². The molecule has 0 radical (unpaired) electrons. The van der Waals surface area contributed by atoms with Crippen LogP contribution in [0, 0.1) is 0 Å². The summed E-state index contributed by atoms with van der Waals surface area (Å²) in [4.78, 5) is 16.4. The molecule has 2 heterocycles. The van der Waals surface area contributed by atoms with E-state index >= 15 is 0 Å². The van der Waals surface area contributed by atoms with Crippen LogP contribution in [-0.2, 0) is 0 Å². The first-order chi connectivity index (χ1) is 7.25. The first-order valence-electron chi connectivity index (χ1n) is 4.99. The van der Waals surface area contributed by atoms with Gasteiger partial charge in [0.15, 0.2) is 0 Å². The monoisotopic (exact) mass is 303 g/mol. The molecule has 1 aliphatic heterocycles. The molecule has 2 nitrogen and oxygen atoms in total. The molecular weight excluding hydrogens is 294 g/mol. The van der Waals surface area contributed by atoms with Gasteiger partial charge < -0.3 is 4.90 Å². The van der Waals surface area contributed by atoms with Crippen molar-refractivity contribution < 1.29 is 4.79 Å². The van der Waals surface area contributed by atoms with E-state index in [1.54, 1.807) is 23.1 Å². The van der Waals surface area contributed by atoms with Crippen molar-refractivity contribution in [2.24, 2.45) is 0 Å². The van der Waals surface area contributed by atoms with Crippen molar-refractivity contribution in [2.75, 3.05) is 12.3 Å². The van der Waals surface area contributed by atoms with E-state index in [1.165, 1.54) is 12.8 Å². The largest absolute Gasteiger partial charge is 0.334 e. The molecule has 0 N–H and O–H groups in total. The van der Waals surface area contributed by atoms with E-state index in [0.29, 0.717) is 6.04 Å². The summed E-state index contributed by atoms with van der Waals surface area (Å²) >= 11 is 6.82. The summed E-state index contributed by atoms with van der Waals surface area (Å²) in [5.41, 5.74) is 0. The smallest absolute Gasteiger partial charge is 0.265 e. The molecule has 1 fully saturated rings. The molecule has 0 spiro atoms. The van der Waals surface area contributed by atoms with Gasteiger partial charge in [0.1, 0.15) is 4.88 Å². The molecule has 0 aromatic carbocycles. The number of hydrogen-bond acceptors (Lipinski definition) is 3. The fraction of sp³-hybridized carbons (Fsp3) is 0.500. The first kappa shape index (κ1) is 10.2. The molecule has 1 saturated carbocycles. The van der Waals surface area contributed by atoms with E-state index in [1.807, 2.05) is 0 Å². The minimum atomic E-state index is 0.244. The summed E-state index contributed by atoms with van der Waals surface area (Å²) in [6, 6.07) is 2.60. The number of nitrogens with zero attached hydrogens (tertiary/aromatic N) is 1. The summed E-state index contributed by atoms with van der Waals surface area (Å²) in [6.07, 6.45) is 2.39. The SMILES string of the molecule is O=C1c2sc(Br)cc2SCCN1C1CC1. The highest BCUT2D eigenvalue weighted by Gasteiger charge is 2.35. The van der Waals surface area contributed by atoms with E-state index in [2.05, 4.69) is 26.9 Å². The zero-order valence-corrected chi connectivity index (χ0v) is 11.3. The number of carbonyl (C=O) groups is 1. The molecule has 0 unspecified atom stereocenters. The Morgan fingerprint density at radius 2 is 2.27 bits per heavy atom. The van der Waals surface area contributed by atoms with Crippen LogP contribution in [0.1, 0.15) is 22.5 Å². The van der Waals surface area contributed by atoms with E-state index in [9.17, 15) is 4.79 Å². The van der Waals surface area contributed by atoms with Gasteiger partial charge in [-0.25, -0.2) is 0 Å². The molecule has 2 aliphatic rings. The quantitative estimate of drug-likeness (QED) is 0.794. The minimum absolute atomic E-state index is 0.244. The van der Waals surface area contributed by atoms with Gasteiger partial charge in [-0.3, -0.25) is 4.79 Å². The molecule has 80 valence electrons. The lowest BCUT2D eigenvalue weighted by Crippen LogP contribution is -2.33. The Bertz CT molecular complexity index is 414. The maximum Gasteiger partial charge on any atom is 0.265 e. The van der Waals surface area contributed by atoms with Gasteiger partial charge in [0.05, 0.1) is 3.79 Å². The molecule has 1 aromatic rings. The third-order valence-electron chi connectivity index (χ3n) is 2.70. The van der Waals surface area contributed by atoms with Crippen LogP contribution in [0.3, 0.4) is 0 Å². The van der Waals surface area contributed by atoms with Crippen LogP contribution < -0.4 is 0 Å². The molecule has 15 heavy (non-hydrogen) atoms. The van der Waals surface area contributed by atoms with Crippen LogP contribution >= 0.6 is 39.0 Å². The summed E-state index contributed by atoms with van der Waals surface area (Å²) in [5.74, 6) is 1.27. The van der Waals surface area contributed by atoms with Gasteiger partial charge in [-0.15, -0.1) is 23.1 Å². The van der Waals surface area contributed by atoms with Crippen molar-refractivity contribution in [1.29, 1.82) is 0 Å². The second-order valence-corrected chi connectivity index (χ2v) is 7.39. The van der Waals surface area contributed by atoms with E-state index in [0.717, 1.165) is 25.9 Å². The number of thiophene rings is 1. The molecule has 0 saturated heterocycles. The number of carbonyl (C=O) groups excluding carboxylic acids is 1. The van der Waals surface area contributed by atoms with Crippen molar-refractivity contribution in [3.63, 3.8) is 0 Å². The number of fused-ring (bicyclic) bond motifs is 1. The zero-order valence-electron chi connectivity index (χ0n) is 8.03. The standard InChI is InChI=1S/C10H10BrNOS2/c11-8-5-7-9(15-8)10(13)12(3-4-14-7)6-1-2-6/h5-6H,1-4H2. The third kappa shape index (κ3) is 1.85. The Labute approximate surface area is 105 Å². The zero-order chi connectivity index (χ0) is 10.4. The second-order valence-electron chi connectivity index (χ2n) is 3.82. The number of halogens is 1. The second kappa shape index (κ2) is 3.79.